The van der Waals surface area contributed by atoms with Crippen LogP contribution in [0.5, 0.6) is 17.2 Å². The highest BCUT2D eigenvalue weighted by Gasteiger charge is 2.33. The highest BCUT2D eigenvalue weighted by atomic mass is 19.4. The minimum absolute atomic E-state index is 0.0232. The molecule has 164 valence electrons. The molecule has 0 saturated carbocycles. The van der Waals surface area contributed by atoms with Crippen molar-refractivity contribution in [1.29, 1.82) is 0 Å². The molecule has 0 amide bonds. The summed E-state index contributed by atoms with van der Waals surface area (Å²) in [6, 6.07) is 5.99. The van der Waals surface area contributed by atoms with E-state index in [1.165, 1.54) is 31.5 Å². The van der Waals surface area contributed by atoms with Crippen LogP contribution in [0, 0.1) is 20.2 Å². The summed E-state index contributed by atoms with van der Waals surface area (Å²) in [5.74, 6) is -0.944. The molecule has 0 spiro atoms. The number of halogens is 3. The van der Waals surface area contributed by atoms with E-state index in [0.717, 1.165) is 6.07 Å². The normalized spacial score (nSPS) is 11.9. The maximum absolute atomic E-state index is 12.8. The number of guanidine groups is 1. The van der Waals surface area contributed by atoms with Gasteiger partial charge < -0.3 is 15.2 Å². The molecular weight excluding hydrogens is 429 g/mol. The summed E-state index contributed by atoms with van der Waals surface area (Å²) in [7, 11) is 1.27. The molecule has 0 saturated heterocycles. The summed E-state index contributed by atoms with van der Waals surface area (Å²) in [6.45, 7) is 0. The van der Waals surface area contributed by atoms with Crippen molar-refractivity contribution in [3.63, 3.8) is 0 Å². The second-order valence-electron chi connectivity index (χ2n) is 5.54. The van der Waals surface area contributed by atoms with Crippen LogP contribution < -0.4 is 20.6 Å². The van der Waals surface area contributed by atoms with Gasteiger partial charge in [0.15, 0.2) is 16.5 Å². The third kappa shape index (κ3) is 6.28. The number of alkyl halides is 3. The van der Waals surface area contributed by atoms with Gasteiger partial charge in [-0.3, -0.25) is 10.1 Å². The van der Waals surface area contributed by atoms with Gasteiger partial charge in [0.25, 0.3) is 5.96 Å². The molecule has 2 aromatic carbocycles. The first-order valence-corrected chi connectivity index (χ1v) is 8.00. The second-order valence-corrected chi connectivity index (χ2v) is 5.54. The van der Waals surface area contributed by atoms with E-state index in [-0.39, 0.29) is 11.5 Å². The third-order valence-electron chi connectivity index (χ3n) is 3.47. The van der Waals surface area contributed by atoms with Gasteiger partial charge >= 0.3 is 11.9 Å². The first-order valence-electron chi connectivity index (χ1n) is 8.00. The lowest BCUT2D eigenvalue weighted by atomic mass is 10.1. The Labute approximate surface area is 171 Å². The minimum Gasteiger partial charge on any atom is -0.493 e. The van der Waals surface area contributed by atoms with Gasteiger partial charge in [0.1, 0.15) is 5.10 Å². The molecule has 0 fully saturated rings. The van der Waals surface area contributed by atoms with E-state index >= 15 is 0 Å². The molecule has 0 radical (unpaired) electrons. The SMILES string of the molecule is COc1cc(/C=N/N/C(N)=N/[N+](=O)[O-])ccc1Oc1ccc(C(F)(F)F)cc1[N+](=O)[O-]. The van der Waals surface area contributed by atoms with Gasteiger partial charge in [0, 0.05) is 6.07 Å². The number of methoxy groups -OCH3 is 1. The van der Waals surface area contributed by atoms with Crippen molar-refractivity contribution in [3.05, 3.63) is 67.8 Å². The van der Waals surface area contributed by atoms with E-state index in [9.17, 15) is 33.4 Å². The van der Waals surface area contributed by atoms with Crippen molar-refractivity contribution < 1.29 is 32.6 Å². The van der Waals surface area contributed by atoms with Crippen molar-refractivity contribution in [2.75, 3.05) is 7.11 Å². The van der Waals surface area contributed by atoms with Gasteiger partial charge in [-0.1, -0.05) is 0 Å². The van der Waals surface area contributed by atoms with Crippen LogP contribution in [0.15, 0.2) is 46.6 Å². The number of benzene rings is 2. The molecule has 0 aliphatic carbocycles. The molecular formula is C16H13F3N6O6. The average molecular weight is 442 g/mol. The fourth-order valence-corrected chi connectivity index (χ4v) is 2.17. The van der Waals surface area contributed by atoms with Gasteiger partial charge in [-0.25, -0.2) is 15.5 Å². The number of ether oxygens (including phenoxy) is 2. The highest BCUT2D eigenvalue weighted by molar-refractivity contribution is 5.83. The molecule has 31 heavy (non-hydrogen) atoms. The van der Waals surface area contributed by atoms with Gasteiger partial charge in [0.2, 0.25) is 5.75 Å². The monoisotopic (exact) mass is 442 g/mol. The fraction of sp³-hybridized carbons (Fsp3) is 0.125. The van der Waals surface area contributed by atoms with Gasteiger partial charge in [-0.2, -0.15) is 18.3 Å². The maximum atomic E-state index is 12.8. The van der Waals surface area contributed by atoms with Crippen molar-refractivity contribution in [3.8, 4) is 17.2 Å². The molecule has 3 N–H and O–H groups in total. The number of nitrogens with one attached hydrogen (secondary N) is 1. The zero-order chi connectivity index (χ0) is 23.2. The molecule has 12 nitrogen and oxygen atoms in total. The maximum Gasteiger partial charge on any atom is 0.416 e. The molecule has 0 bridgehead atoms. The second kappa shape index (κ2) is 9.38. The Kier molecular flexibility index (Phi) is 6.91. The Morgan fingerprint density at radius 3 is 2.39 bits per heavy atom. The van der Waals surface area contributed by atoms with E-state index in [2.05, 4.69) is 15.6 Å². The van der Waals surface area contributed by atoms with Gasteiger partial charge in [-0.15, -0.1) is 0 Å². The topological polar surface area (TPSA) is 168 Å². The van der Waals surface area contributed by atoms with E-state index < -0.39 is 39.1 Å². The number of hydrazone groups is 2. The molecule has 0 atom stereocenters. The van der Waals surface area contributed by atoms with Crippen LogP contribution >= 0.6 is 0 Å². The summed E-state index contributed by atoms with van der Waals surface area (Å²) >= 11 is 0. The summed E-state index contributed by atoms with van der Waals surface area (Å²) in [5, 5.41) is 26.7. The van der Waals surface area contributed by atoms with Crippen molar-refractivity contribution in [1.82, 2.24) is 5.43 Å². The molecule has 0 unspecified atom stereocenters. The van der Waals surface area contributed by atoms with E-state index in [1.54, 1.807) is 0 Å². The standard InChI is InChI=1S/C16H13F3N6O6/c1-30-14-6-9(8-21-22-15(20)23-25(28)29)2-4-13(14)31-12-5-3-10(16(17,18)19)7-11(12)24(26)27/h2-8H,1H3,(H3,20,22,23)/b21-8+. The van der Waals surface area contributed by atoms with Gasteiger partial charge in [0.05, 0.1) is 23.8 Å². The van der Waals surface area contributed by atoms with E-state index in [1.807, 2.05) is 0 Å². The molecule has 2 rings (SSSR count). The van der Waals surface area contributed by atoms with Crippen LogP contribution in [0.4, 0.5) is 18.9 Å². The lowest BCUT2D eigenvalue weighted by Crippen LogP contribution is -2.28. The first-order chi connectivity index (χ1) is 14.5. The van der Waals surface area contributed by atoms with Crippen LogP contribution in [0.25, 0.3) is 0 Å². The Morgan fingerprint density at radius 1 is 1.13 bits per heavy atom. The Balaban J connectivity index is 2.28. The third-order valence-corrected chi connectivity index (χ3v) is 3.47. The summed E-state index contributed by atoms with van der Waals surface area (Å²) in [5.41, 5.74) is 5.62. The van der Waals surface area contributed by atoms with Crippen molar-refractivity contribution in [2.24, 2.45) is 15.9 Å². The molecule has 0 heterocycles. The highest BCUT2D eigenvalue weighted by Crippen LogP contribution is 2.40. The Bertz CT molecular complexity index is 1060. The predicted octanol–water partition coefficient (Wildman–Crippen LogP) is 2.84. The lowest BCUT2D eigenvalue weighted by molar-refractivity contribution is -0.485. The number of nitro groups is 2. The number of hydrogen-bond donors (Lipinski definition) is 2. The summed E-state index contributed by atoms with van der Waals surface area (Å²) in [6.07, 6.45) is -3.56. The Morgan fingerprint density at radius 2 is 1.81 bits per heavy atom. The lowest BCUT2D eigenvalue weighted by Gasteiger charge is -2.12. The number of hydrogen-bond acceptors (Lipinski definition) is 7. The fourth-order valence-electron chi connectivity index (χ4n) is 2.17. The van der Waals surface area contributed by atoms with Crippen LogP contribution in [-0.4, -0.2) is 29.2 Å². The molecule has 0 aliphatic rings. The quantitative estimate of drug-likeness (QED) is 0.286. The van der Waals surface area contributed by atoms with E-state index in [0.29, 0.717) is 17.7 Å². The number of nitrogens with zero attached hydrogens (tertiary/aromatic N) is 4. The zero-order valence-corrected chi connectivity index (χ0v) is 15.5. The number of nitrogens with two attached hydrogens (primary N) is 1. The first kappa shape index (κ1) is 22.9. The predicted molar refractivity (Wildman–Crippen MR) is 101 cm³/mol. The Hall–Kier alpha value is -4.43. The molecule has 15 heteroatoms. The van der Waals surface area contributed by atoms with Crippen LogP contribution in [-0.2, 0) is 6.18 Å². The number of nitro benzene ring substituents is 1. The molecule has 2 aromatic rings. The van der Waals surface area contributed by atoms with Crippen LogP contribution in [0.3, 0.4) is 0 Å². The largest absolute Gasteiger partial charge is 0.493 e. The molecule has 0 aromatic heterocycles. The average Bonchev–Trinajstić information content (AvgIpc) is 2.67. The van der Waals surface area contributed by atoms with Crippen LogP contribution in [0.2, 0.25) is 0 Å². The van der Waals surface area contributed by atoms with Crippen LogP contribution in [0.1, 0.15) is 11.1 Å². The number of rotatable bonds is 7. The summed E-state index contributed by atoms with van der Waals surface area (Å²) < 4.78 is 49.0. The van der Waals surface area contributed by atoms with Crippen molar-refractivity contribution >= 4 is 17.9 Å². The zero-order valence-electron chi connectivity index (χ0n) is 15.5. The smallest absolute Gasteiger partial charge is 0.416 e. The minimum atomic E-state index is -4.76. The molecule has 0 aliphatic heterocycles. The summed E-state index contributed by atoms with van der Waals surface area (Å²) in [4.78, 5) is 20.3. The van der Waals surface area contributed by atoms with Gasteiger partial charge in [-0.05, 0) is 35.9 Å². The van der Waals surface area contributed by atoms with E-state index in [4.69, 9.17) is 15.2 Å². The van der Waals surface area contributed by atoms with Crippen molar-refractivity contribution in [2.45, 2.75) is 6.18 Å².